The lowest BCUT2D eigenvalue weighted by molar-refractivity contribution is 0.669. The first-order chi connectivity index (χ1) is 29.7. The Balaban J connectivity index is 1.01. The average molecular weight is 765 g/mol. The molecule has 0 amide bonds. The van der Waals surface area contributed by atoms with Crippen LogP contribution in [0.15, 0.2) is 203 Å². The lowest BCUT2D eigenvalue weighted by Gasteiger charge is -2.29. The molecule has 0 N–H and O–H groups in total. The maximum absolute atomic E-state index is 6.58. The number of hydrogen-bond donors (Lipinski definition) is 0. The largest absolute Gasteiger partial charge is 0.456 e. The highest BCUT2D eigenvalue weighted by atomic mass is 16.3. The van der Waals surface area contributed by atoms with Crippen molar-refractivity contribution in [1.82, 2.24) is 0 Å². The second kappa shape index (κ2) is 11.8. The molecule has 0 fully saturated rings. The maximum Gasteiger partial charge on any atom is 0.138 e. The molecule has 14 rings (SSSR count). The molecule has 0 atom stereocenters. The van der Waals surface area contributed by atoms with Gasteiger partial charge in [0.05, 0.1) is 22.7 Å². The average Bonchev–Trinajstić information content (AvgIpc) is 3.88. The minimum Gasteiger partial charge on any atom is -0.456 e. The van der Waals surface area contributed by atoms with Crippen molar-refractivity contribution in [3.8, 4) is 0 Å². The summed E-state index contributed by atoms with van der Waals surface area (Å²) in [5.74, 6) is 0. The topological polar surface area (TPSA) is 32.8 Å². The third kappa shape index (κ3) is 4.34. The first-order valence-electron chi connectivity index (χ1n) is 20.5. The lowest BCUT2D eigenvalue weighted by Crippen LogP contribution is -2.11. The van der Waals surface area contributed by atoms with Gasteiger partial charge < -0.3 is 18.6 Å². The molecule has 0 saturated carbocycles. The summed E-state index contributed by atoms with van der Waals surface area (Å²) in [6.07, 6.45) is 0. The fourth-order valence-electron chi connectivity index (χ4n) is 10.3. The van der Waals surface area contributed by atoms with Crippen LogP contribution in [0, 0.1) is 0 Å². The standard InChI is InChI=1S/C56H32N2O2/c1-3-11-39(12-4-1)57(41-29-37-19-17-33-9-7-15-47-53(33)55(37)49(31-41)59-47)45-27-23-35-22-26-44-46(28-24-36-21-25-43(45)51(35)52(36)44)58(40-13-5-2-6-14-40)42-30-38-20-18-34-10-8-16-48-54(34)56(38)50(32-42)60-48/h1-32H. The van der Waals surface area contributed by atoms with Crippen LogP contribution < -0.4 is 9.80 Å². The molecule has 0 bridgehead atoms. The fraction of sp³-hybridized carbons (Fsp3) is 0. The summed E-state index contributed by atoms with van der Waals surface area (Å²) < 4.78 is 13.2. The van der Waals surface area contributed by atoms with Gasteiger partial charge in [-0.25, -0.2) is 0 Å². The molecule has 4 heteroatoms. The molecule has 0 radical (unpaired) electrons. The van der Waals surface area contributed by atoms with Crippen molar-refractivity contribution in [1.29, 1.82) is 0 Å². The number of hydrogen-bond acceptors (Lipinski definition) is 4. The highest BCUT2D eigenvalue weighted by Gasteiger charge is 2.24. The molecule has 278 valence electrons. The fourth-order valence-corrected chi connectivity index (χ4v) is 10.3. The van der Waals surface area contributed by atoms with Crippen LogP contribution in [0.4, 0.5) is 34.1 Å². The van der Waals surface area contributed by atoms with Crippen molar-refractivity contribution in [2.45, 2.75) is 0 Å². The summed E-state index contributed by atoms with van der Waals surface area (Å²) in [4.78, 5) is 4.78. The zero-order valence-electron chi connectivity index (χ0n) is 32.2. The summed E-state index contributed by atoms with van der Waals surface area (Å²) in [5, 5.41) is 16.7. The number of para-hydroxylation sites is 2. The molecule has 2 heterocycles. The molecule has 0 aliphatic carbocycles. The van der Waals surface area contributed by atoms with E-state index >= 15 is 0 Å². The summed E-state index contributed by atoms with van der Waals surface area (Å²) in [6, 6.07) is 70.2. The zero-order chi connectivity index (χ0) is 39.1. The van der Waals surface area contributed by atoms with Crippen molar-refractivity contribution in [2.24, 2.45) is 0 Å². The van der Waals surface area contributed by atoms with Crippen LogP contribution in [0.25, 0.3) is 97.7 Å². The number of nitrogens with zero attached hydrogens (tertiary/aromatic N) is 2. The van der Waals surface area contributed by atoms with E-state index in [9.17, 15) is 0 Å². The van der Waals surface area contributed by atoms with Gasteiger partial charge in [0, 0.05) is 55.8 Å². The second-order valence-electron chi connectivity index (χ2n) is 16.1. The Hall–Kier alpha value is -8.08. The molecule has 0 saturated heterocycles. The Labute approximate surface area is 343 Å². The molecule has 14 aromatic rings. The normalized spacial score (nSPS) is 12.3. The van der Waals surface area contributed by atoms with Gasteiger partial charge in [-0.3, -0.25) is 0 Å². The van der Waals surface area contributed by atoms with Crippen molar-refractivity contribution in [2.75, 3.05) is 9.80 Å². The molecule has 0 unspecified atom stereocenters. The van der Waals surface area contributed by atoms with Gasteiger partial charge >= 0.3 is 0 Å². The maximum atomic E-state index is 6.58. The van der Waals surface area contributed by atoms with E-state index in [0.29, 0.717) is 0 Å². The minimum atomic E-state index is 0.893. The Morgan fingerprint density at radius 2 is 0.633 bits per heavy atom. The Kier molecular flexibility index (Phi) is 6.26. The molecule has 60 heavy (non-hydrogen) atoms. The van der Waals surface area contributed by atoms with Gasteiger partial charge in [-0.15, -0.1) is 0 Å². The molecular formula is C56H32N2O2. The zero-order valence-corrected chi connectivity index (χ0v) is 32.2. The second-order valence-corrected chi connectivity index (χ2v) is 16.1. The van der Waals surface area contributed by atoms with Crippen LogP contribution in [0.5, 0.6) is 0 Å². The number of furan rings is 2. The van der Waals surface area contributed by atoms with E-state index in [2.05, 4.69) is 204 Å². The Morgan fingerprint density at radius 3 is 1.10 bits per heavy atom. The molecule has 12 aromatic carbocycles. The van der Waals surface area contributed by atoms with Crippen LogP contribution in [-0.2, 0) is 0 Å². The van der Waals surface area contributed by atoms with Crippen molar-refractivity contribution in [3.63, 3.8) is 0 Å². The molecule has 2 aromatic heterocycles. The third-order valence-electron chi connectivity index (χ3n) is 12.8. The van der Waals surface area contributed by atoms with E-state index in [1.807, 2.05) is 0 Å². The summed E-state index contributed by atoms with van der Waals surface area (Å²) in [6.45, 7) is 0. The monoisotopic (exact) mass is 764 g/mol. The molecular weight excluding hydrogens is 733 g/mol. The number of rotatable bonds is 6. The van der Waals surface area contributed by atoms with Gasteiger partial charge in [0.25, 0.3) is 0 Å². The van der Waals surface area contributed by atoms with Crippen LogP contribution in [0.3, 0.4) is 0 Å². The van der Waals surface area contributed by atoms with Gasteiger partial charge in [-0.2, -0.15) is 0 Å². The predicted octanol–water partition coefficient (Wildman–Crippen LogP) is 16.5. The summed E-state index contributed by atoms with van der Waals surface area (Å²) in [7, 11) is 0. The van der Waals surface area contributed by atoms with Crippen LogP contribution in [-0.4, -0.2) is 0 Å². The number of anilines is 6. The van der Waals surface area contributed by atoms with E-state index in [1.54, 1.807) is 0 Å². The molecule has 0 spiro atoms. The lowest BCUT2D eigenvalue weighted by atomic mass is 9.91. The minimum absolute atomic E-state index is 0.893. The van der Waals surface area contributed by atoms with Gasteiger partial charge in [-0.1, -0.05) is 121 Å². The van der Waals surface area contributed by atoms with E-state index in [1.165, 1.54) is 64.6 Å². The van der Waals surface area contributed by atoms with E-state index < -0.39 is 0 Å². The SMILES string of the molecule is c1ccc(N(c2cc3ccc4cccc5oc(c2)c3c45)c2ccc3ccc4c(N(c5ccccc5)c5cc6ccc7cccc8oc(c5)c6c78)ccc5ccc2c3c54)cc1. The van der Waals surface area contributed by atoms with Crippen LogP contribution >= 0.6 is 0 Å². The highest BCUT2D eigenvalue weighted by Crippen LogP contribution is 2.50. The Bertz CT molecular complexity index is 3700. The summed E-state index contributed by atoms with van der Waals surface area (Å²) >= 11 is 0. The first kappa shape index (κ1) is 31.9. The third-order valence-corrected chi connectivity index (χ3v) is 12.8. The quantitative estimate of drug-likeness (QED) is 0.158. The van der Waals surface area contributed by atoms with Crippen LogP contribution in [0.2, 0.25) is 0 Å². The van der Waals surface area contributed by atoms with Crippen molar-refractivity contribution >= 4 is 132 Å². The van der Waals surface area contributed by atoms with Gasteiger partial charge in [0.1, 0.15) is 22.3 Å². The first-order valence-corrected chi connectivity index (χ1v) is 20.5. The smallest absolute Gasteiger partial charge is 0.138 e. The van der Waals surface area contributed by atoms with Gasteiger partial charge in [0.15, 0.2) is 0 Å². The van der Waals surface area contributed by atoms with Crippen molar-refractivity contribution < 1.29 is 8.83 Å². The van der Waals surface area contributed by atoms with Gasteiger partial charge in [-0.05, 0) is 104 Å². The van der Waals surface area contributed by atoms with E-state index in [0.717, 1.165) is 67.2 Å². The Morgan fingerprint density at radius 1 is 0.250 bits per heavy atom. The van der Waals surface area contributed by atoms with Crippen molar-refractivity contribution in [3.05, 3.63) is 194 Å². The van der Waals surface area contributed by atoms with E-state index in [-0.39, 0.29) is 0 Å². The summed E-state index contributed by atoms with van der Waals surface area (Å²) in [5.41, 5.74) is 10.1. The predicted molar refractivity (Wildman–Crippen MR) is 251 cm³/mol. The number of benzene rings is 12. The molecule has 4 nitrogen and oxygen atoms in total. The van der Waals surface area contributed by atoms with Gasteiger partial charge in [0.2, 0.25) is 0 Å². The molecule has 0 aliphatic rings. The highest BCUT2D eigenvalue weighted by molar-refractivity contribution is 6.29. The molecule has 0 aliphatic heterocycles. The van der Waals surface area contributed by atoms with E-state index in [4.69, 9.17) is 8.83 Å². The van der Waals surface area contributed by atoms with Crippen LogP contribution in [0.1, 0.15) is 0 Å².